The van der Waals surface area contributed by atoms with E-state index in [1.54, 1.807) is 0 Å². The number of halogens is 2. The number of allylic oxidation sites excluding steroid dienone is 1. The number of hydrogen-bond donors (Lipinski definition) is 2. The largest absolute Gasteiger partial charge is 0.434 e. The molecule has 0 atom stereocenters. The van der Waals surface area contributed by atoms with Gasteiger partial charge in [-0.25, -0.2) is 9.89 Å². The molecule has 0 bridgehead atoms. The molecule has 1 aromatic heterocycles. The number of aromatic amines is 1. The molecule has 2 amide bonds. The summed E-state index contributed by atoms with van der Waals surface area (Å²) in [6.45, 7) is 5.55. The molecule has 3 aromatic rings. The Kier molecular flexibility index (Phi) is 5.50. The number of hydrazone groups is 1. The van der Waals surface area contributed by atoms with E-state index in [1.807, 2.05) is 31.2 Å². The van der Waals surface area contributed by atoms with E-state index in [0.29, 0.717) is 16.9 Å². The molecule has 156 valence electrons. The first-order chi connectivity index (χ1) is 14.8. The van der Waals surface area contributed by atoms with Crippen molar-refractivity contribution in [3.8, 4) is 22.8 Å². The van der Waals surface area contributed by atoms with Crippen molar-refractivity contribution in [2.75, 3.05) is 5.01 Å². The highest BCUT2D eigenvalue weighted by atomic mass is 35.5. The molecule has 2 heterocycles. The van der Waals surface area contributed by atoms with Gasteiger partial charge in [-0.05, 0) is 24.6 Å². The molecule has 10 heteroatoms. The molecule has 0 radical (unpaired) electrons. The topological polar surface area (TPSA) is 99.7 Å². The fraction of sp³-hybridized carbons (Fsp3) is 0.0476. The van der Waals surface area contributed by atoms with Gasteiger partial charge in [-0.15, -0.1) is 5.10 Å². The smallest absolute Gasteiger partial charge is 0.347 e. The zero-order valence-corrected chi connectivity index (χ0v) is 17.7. The first-order valence-electron chi connectivity index (χ1n) is 8.99. The van der Waals surface area contributed by atoms with Crippen molar-refractivity contribution in [1.82, 2.24) is 15.5 Å². The summed E-state index contributed by atoms with van der Waals surface area (Å²) in [5, 5.41) is 14.2. The normalized spacial score (nSPS) is 13.3. The summed E-state index contributed by atoms with van der Waals surface area (Å²) in [7, 11) is 0. The first-order valence-corrected chi connectivity index (χ1v) is 9.75. The molecular formula is C21H15Cl2N5O3. The average molecular weight is 456 g/mol. The summed E-state index contributed by atoms with van der Waals surface area (Å²) >= 11 is 12.7. The van der Waals surface area contributed by atoms with Crippen LogP contribution in [0.5, 0.6) is 11.6 Å². The number of urea groups is 1. The third kappa shape index (κ3) is 4.30. The fourth-order valence-electron chi connectivity index (χ4n) is 2.92. The molecule has 0 fully saturated rings. The van der Waals surface area contributed by atoms with E-state index in [1.165, 1.54) is 24.4 Å². The number of carbonyl (C=O) groups is 1. The maximum Gasteiger partial charge on any atom is 0.347 e. The molecular weight excluding hydrogens is 441 g/mol. The number of nitrogens with zero attached hydrogens (tertiary/aromatic N) is 3. The summed E-state index contributed by atoms with van der Waals surface area (Å²) in [5.74, 6) is 0.213. The lowest BCUT2D eigenvalue weighted by Crippen LogP contribution is -2.40. The Hall–Kier alpha value is -3.62. The number of amides is 2. The Labute approximate surface area is 186 Å². The number of rotatable bonds is 4. The van der Waals surface area contributed by atoms with Gasteiger partial charge in [0.25, 0.3) is 5.56 Å². The lowest BCUT2D eigenvalue weighted by atomic mass is 10.1. The number of carbonyl (C=O) groups excluding carboxylic acids is 1. The zero-order valence-electron chi connectivity index (χ0n) is 16.1. The van der Waals surface area contributed by atoms with E-state index < -0.39 is 6.03 Å². The number of aromatic nitrogens is 2. The lowest BCUT2D eigenvalue weighted by molar-refractivity contribution is 0.248. The standard InChI is InChI=1S/C21H15Cl2N5O3/c1-11-4-3-5-13(6-11)15-9-18(26-27-20(15)29)31-19-16(22)7-14(8-17(19)23)28-21(30)25-12(2)10-24-28/h3-10H,2H2,1H3,(H,25,30)(H,27,29). The van der Waals surface area contributed by atoms with Crippen LogP contribution in [0.2, 0.25) is 10.0 Å². The molecule has 0 aliphatic carbocycles. The molecule has 1 aliphatic heterocycles. The predicted octanol–water partition coefficient (Wildman–Crippen LogP) is 4.87. The van der Waals surface area contributed by atoms with Crippen LogP contribution in [0.3, 0.4) is 0 Å². The van der Waals surface area contributed by atoms with Gasteiger partial charge in [-0.2, -0.15) is 10.1 Å². The molecule has 1 aliphatic rings. The summed E-state index contributed by atoms with van der Waals surface area (Å²) in [5.41, 5.74) is 2.45. The Morgan fingerprint density at radius 2 is 1.84 bits per heavy atom. The number of nitrogens with one attached hydrogen (secondary N) is 2. The molecule has 0 spiro atoms. The molecule has 0 saturated heterocycles. The third-order valence-corrected chi connectivity index (χ3v) is 4.89. The van der Waals surface area contributed by atoms with Gasteiger partial charge in [0.2, 0.25) is 5.88 Å². The summed E-state index contributed by atoms with van der Waals surface area (Å²) in [4.78, 5) is 24.4. The maximum atomic E-state index is 12.3. The first kappa shape index (κ1) is 20.6. The van der Waals surface area contributed by atoms with Gasteiger partial charge in [0, 0.05) is 6.07 Å². The van der Waals surface area contributed by atoms with Crippen LogP contribution in [0.4, 0.5) is 10.5 Å². The molecule has 2 N–H and O–H groups in total. The van der Waals surface area contributed by atoms with Crippen molar-refractivity contribution in [2.24, 2.45) is 5.10 Å². The van der Waals surface area contributed by atoms with Crippen molar-refractivity contribution in [2.45, 2.75) is 6.92 Å². The van der Waals surface area contributed by atoms with E-state index in [4.69, 9.17) is 27.9 Å². The highest BCUT2D eigenvalue weighted by Gasteiger charge is 2.22. The van der Waals surface area contributed by atoms with Crippen molar-refractivity contribution in [3.63, 3.8) is 0 Å². The number of hydrogen-bond acceptors (Lipinski definition) is 5. The number of H-pyrrole nitrogens is 1. The van der Waals surface area contributed by atoms with Crippen molar-refractivity contribution in [3.05, 3.63) is 80.7 Å². The van der Waals surface area contributed by atoms with Gasteiger partial charge < -0.3 is 10.1 Å². The molecule has 4 rings (SSSR count). The quantitative estimate of drug-likeness (QED) is 0.585. The second-order valence-electron chi connectivity index (χ2n) is 6.67. The highest BCUT2D eigenvalue weighted by Crippen LogP contribution is 2.40. The fourth-order valence-corrected chi connectivity index (χ4v) is 3.48. The molecule has 8 nitrogen and oxygen atoms in total. The average Bonchev–Trinajstić information content (AvgIpc) is 2.71. The number of anilines is 1. The molecule has 0 saturated carbocycles. The minimum Gasteiger partial charge on any atom is -0.434 e. The van der Waals surface area contributed by atoms with Gasteiger partial charge in [0.05, 0.1) is 33.2 Å². The monoisotopic (exact) mass is 455 g/mol. The molecule has 2 aromatic carbocycles. The predicted molar refractivity (Wildman–Crippen MR) is 120 cm³/mol. The zero-order chi connectivity index (χ0) is 22.1. The van der Waals surface area contributed by atoms with Crippen LogP contribution in [0.1, 0.15) is 5.56 Å². The van der Waals surface area contributed by atoms with E-state index in [2.05, 4.69) is 27.2 Å². The second-order valence-corrected chi connectivity index (χ2v) is 7.49. The Morgan fingerprint density at radius 1 is 1.10 bits per heavy atom. The van der Waals surface area contributed by atoms with Crippen molar-refractivity contribution in [1.29, 1.82) is 0 Å². The van der Waals surface area contributed by atoms with Crippen LogP contribution in [0, 0.1) is 6.92 Å². The minimum atomic E-state index is -0.501. The number of ether oxygens (including phenoxy) is 1. The highest BCUT2D eigenvalue weighted by molar-refractivity contribution is 6.37. The van der Waals surface area contributed by atoms with Gasteiger partial charge >= 0.3 is 6.03 Å². The molecule has 0 unspecified atom stereocenters. The lowest BCUT2D eigenvalue weighted by Gasteiger charge is -2.22. The van der Waals surface area contributed by atoms with Crippen molar-refractivity contribution < 1.29 is 9.53 Å². The summed E-state index contributed by atoms with van der Waals surface area (Å²) < 4.78 is 5.76. The third-order valence-electron chi connectivity index (χ3n) is 4.33. The van der Waals surface area contributed by atoms with Crippen LogP contribution in [0.15, 0.2) is 64.6 Å². The number of benzene rings is 2. The Bertz CT molecular complexity index is 1280. The van der Waals surface area contributed by atoms with Gasteiger partial charge in [0.1, 0.15) is 0 Å². The van der Waals surface area contributed by atoms with E-state index in [9.17, 15) is 9.59 Å². The number of aryl methyl sites for hydroxylation is 1. The van der Waals surface area contributed by atoms with E-state index >= 15 is 0 Å². The maximum absolute atomic E-state index is 12.3. The summed E-state index contributed by atoms with van der Waals surface area (Å²) in [6.07, 6.45) is 1.39. The second kappa shape index (κ2) is 8.25. The van der Waals surface area contributed by atoms with Crippen LogP contribution in [0.25, 0.3) is 11.1 Å². The minimum absolute atomic E-state index is 0.0951. The van der Waals surface area contributed by atoms with Crippen molar-refractivity contribution >= 4 is 41.1 Å². The van der Waals surface area contributed by atoms with E-state index in [0.717, 1.165) is 16.1 Å². The molecule has 31 heavy (non-hydrogen) atoms. The SMILES string of the molecule is C=C1C=NN(c2cc(Cl)c(Oc3cc(-c4cccc(C)c4)c(=O)[nH]n3)c(Cl)c2)C(=O)N1. The van der Waals surface area contributed by atoms with E-state index in [-0.39, 0.29) is 27.2 Å². The van der Waals surface area contributed by atoms with Gasteiger partial charge in [0.15, 0.2) is 5.75 Å². The Morgan fingerprint density at radius 3 is 2.52 bits per heavy atom. The van der Waals surface area contributed by atoms with Crippen LogP contribution >= 0.6 is 23.2 Å². The van der Waals surface area contributed by atoms with Crippen LogP contribution in [-0.4, -0.2) is 22.4 Å². The van der Waals surface area contributed by atoms with Crippen LogP contribution < -0.4 is 20.6 Å². The van der Waals surface area contributed by atoms with Gasteiger partial charge in [-0.3, -0.25) is 4.79 Å². The Balaban J connectivity index is 1.67. The van der Waals surface area contributed by atoms with Crippen LogP contribution in [-0.2, 0) is 0 Å². The summed E-state index contributed by atoms with van der Waals surface area (Å²) in [6, 6.07) is 11.4. The van der Waals surface area contributed by atoms with Gasteiger partial charge in [-0.1, -0.05) is 59.6 Å².